The summed E-state index contributed by atoms with van der Waals surface area (Å²) < 4.78 is 11.0. The van der Waals surface area contributed by atoms with Crippen molar-refractivity contribution in [2.45, 2.75) is 10.9 Å². The Balaban J connectivity index is 1.70. The zero-order valence-corrected chi connectivity index (χ0v) is 10.9. The van der Waals surface area contributed by atoms with Crippen molar-refractivity contribution < 1.29 is 9.47 Å². The first kappa shape index (κ1) is 12.0. The van der Waals surface area contributed by atoms with E-state index in [-0.39, 0.29) is 5.95 Å². The number of benzene rings is 1. The number of aromatic nitrogens is 3. The molecule has 98 valence electrons. The number of hydrogen-bond donors (Lipinski definition) is 1. The lowest BCUT2D eigenvalue weighted by atomic mass is 10.2. The molecule has 0 unspecified atom stereocenters. The average molecular weight is 276 g/mol. The van der Waals surface area contributed by atoms with Gasteiger partial charge in [-0.05, 0) is 17.7 Å². The fourth-order valence-corrected chi connectivity index (χ4v) is 2.44. The number of rotatable bonds is 3. The summed E-state index contributed by atoms with van der Waals surface area (Å²) in [6, 6.07) is 5.91. The van der Waals surface area contributed by atoms with Gasteiger partial charge in [0, 0.05) is 5.75 Å². The maximum Gasteiger partial charge on any atom is 0.223 e. The summed E-state index contributed by atoms with van der Waals surface area (Å²) in [7, 11) is 0. The topological polar surface area (TPSA) is 83.2 Å². The number of thioether (sulfide) groups is 1. The van der Waals surface area contributed by atoms with Gasteiger partial charge in [-0.15, -0.1) is 0 Å². The minimum absolute atomic E-state index is 0.236. The Morgan fingerprint density at radius 2 is 2.00 bits per heavy atom. The SMILES string of the molecule is Nc1ncnc(SCc2ccc3c(c2)OCCO3)n1. The van der Waals surface area contributed by atoms with Gasteiger partial charge >= 0.3 is 0 Å². The van der Waals surface area contributed by atoms with Crippen molar-refractivity contribution >= 4 is 17.7 Å². The summed E-state index contributed by atoms with van der Waals surface area (Å²) in [5, 5.41) is 0.613. The van der Waals surface area contributed by atoms with E-state index in [1.54, 1.807) is 0 Å². The maximum atomic E-state index is 5.54. The molecule has 0 saturated heterocycles. The predicted octanol–water partition coefficient (Wildman–Crippen LogP) is 1.52. The molecule has 0 radical (unpaired) electrons. The molecule has 6 nitrogen and oxygen atoms in total. The van der Waals surface area contributed by atoms with Crippen LogP contribution < -0.4 is 15.2 Å². The van der Waals surface area contributed by atoms with Crippen molar-refractivity contribution in [2.75, 3.05) is 18.9 Å². The van der Waals surface area contributed by atoms with Crippen LogP contribution in [0.3, 0.4) is 0 Å². The van der Waals surface area contributed by atoms with Gasteiger partial charge in [0.1, 0.15) is 19.5 Å². The molecule has 2 N–H and O–H groups in total. The van der Waals surface area contributed by atoms with Gasteiger partial charge in [0.2, 0.25) is 5.95 Å². The van der Waals surface area contributed by atoms with E-state index in [0.717, 1.165) is 22.8 Å². The molecule has 1 aliphatic rings. The van der Waals surface area contributed by atoms with E-state index in [2.05, 4.69) is 15.0 Å². The summed E-state index contributed by atoms with van der Waals surface area (Å²) in [6.45, 7) is 1.19. The zero-order valence-electron chi connectivity index (χ0n) is 10.1. The molecular formula is C12H12N4O2S. The molecular weight excluding hydrogens is 264 g/mol. The molecule has 1 aliphatic heterocycles. The molecule has 0 aliphatic carbocycles. The van der Waals surface area contributed by atoms with Crippen molar-refractivity contribution in [2.24, 2.45) is 0 Å². The molecule has 0 bridgehead atoms. The van der Waals surface area contributed by atoms with Gasteiger partial charge in [0.05, 0.1) is 0 Å². The zero-order chi connectivity index (χ0) is 13.1. The fraction of sp³-hybridized carbons (Fsp3) is 0.250. The van der Waals surface area contributed by atoms with Crippen LogP contribution >= 0.6 is 11.8 Å². The second-order valence-corrected chi connectivity index (χ2v) is 4.84. The minimum Gasteiger partial charge on any atom is -0.486 e. The van der Waals surface area contributed by atoms with Gasteiger partial charge in [0.15, 0.2) is 16.7 Å². The molecule has 1 aromatic carbocycles. The number of nitrogens with two attached hydrogens (primary N) is 1. The Bertz CT molecular complexity index is 594. The van der Waals surface area contributed by atoms with Crippen LogP contribution in [-0.4, -0.2) is 28.2 Å². The molecule has 2 heterocycles. The largest absolute Gasteiger partial charge is 0.486 e. The molecule has 0 amide bonds. The molecule has 3 rings (SSSR count). The van der Waals surface area contributed by atoms with E-state index in [1.807, 2.05) is 18.2 Å². The first-order valence-corrected chi connectivity index (χ1v) is 6.76. The van der Waals surface area contributed by atoms with Crippen LogP contribution in [0.15, 0.2) is 29.7 Å². The molecule has 0 spiro atoms. The molecule has 1 aromatic heterocycles. The van der Waals surface area contributed by atoms with Gasteiger partial charge < -0.3 is 15.2 Å². The summed E-state index contributed by atoms with van der Waals surface area (Å²) >= 11 is 1.50. The Kier molecular flexibility index (Phi) is 3.37. The number of hydrogen-bond acceptors (Lipinski definition) is 7. The molecule has 19 heavy (non-hydrogen) atoms. The van der Waals surface area contributed by atoms with Crippen LogP contribution in [0, 0.1) is 0 Å². The van der Waals surface area contributed by atoms with Crippen LogP contribution in [0.4, 0.5) is 5.95 Å². The molecule has 0 fully saturated rings. The highest BCUT2D eigenvalue weighted by Gasteiger charge is 2.11. The van der Waals surface area contributed by atoms with Crippen molar-refractivity contribution in [1.29, 1.82) is 0 Å². The summed E-state index contributed by atoms with van der Waals surface area (Å²) in [4.78, 5) is 11.8. The quantitative estimate of drug-likeness (QED) is 0.851. The van der Waals surface area contributed by atoms with E-state index in [9.17, 15) is 0 Å². The third-order valence-corrected chi connectivity index (χ3v) is 3.48. The third-order valence-electron chi connectivity index (χ3n) is 2.54. The van der Waals surface area contributed by atoms with E-state index in [1.165, 1.54) is 18.1 Å². The van der Waals surface area contributed by atoms with Crippen LogP contribution in [0.2, 0.25) is 0 Å². The molecule has 0 saturated carbocycles. The number of nitrogens with zero attached hydrogens (tertiary/aromatic N) is 3. The lowest BCUT2D eigenvalue weighted by Crippen LogP contribution is -2.15. The van der Waals surface area contributed by atoms with Crippen molar-refractivity contribution in [3.8, 4) is 11.5 Å². The highest BCUT2D eigenvalue weighted by Crippen LogP contribution is 2.32. The highest BCUT2D eigenvalue weighted by molar-refractivity contribution is 7.98. The van der Waals surface area contributed by atoms with Crippen LogP contribution in [0.25, 0.3) is 0 Å². The van der Waals surface area contributed by atoms with Gasteiger partial charge in [-0.1, -0.05) is 17.8 Å². The summed E-state index contributed by atoms with van der Waals surface area (Å²) in [6.07, 6.45) is 1.41. The van der Waals surface area contributed by atoms with Crippen molar-refractivity contribution in [1.82, 2.24) is 15.0 Å². The Labute approximate surface area is 114 Å². The van der Waals surface area contributed by atoms with Crippen LogP contribution in [0.5, 0.6) is 11.5 Å². The smallest absolute Gasteiger partial charge is 0.223 e. The van der Waals surface area contributed by atoms with Gasteiger partial charge in [-0.2, -0.15) is 4.98 Å². The van der Waals surface area contributed by atoms with Crippen molar-refractivity contribution in [3.63, 3.8) is 0 Å². The first-order chi connectivity index (χ1) is 9.31. The second kappa shape index (κ2) is 5.31. The lowest BCUT2D eigenvalue weighted by Gasteiger charge is -2.18. The standard InChI is InChI=1S/C12H12N4O2S/c13-11-14-7-15-12(16-11)19-6-8-1-2-9-10(5-8)18-4-3-17-9/h1-2,5,7H,3-4,6H2,(H2,13,14,15,16). The average Bonchev–Trinajstić information content (AvgIpc) is 2.45. The number of nitrogen functional groups attached to an aromatic ring is 1. The number of fused-ring (bicyclic) bond motifs is 1. The van der Waals surface area contributed by atoms with Gasteiger partial charge in [-0.25, -0.2) is 9.97 Å². The van der Waals surface area contributed by atoms with E-state index >= 15 is 0 Å². The Morgan fingerprint density at radius 3 is 2.84 bits per heavy atom. The Morgan fingerprint density at radius 1 is 1.16 bits per heavy atom. The third kappa shape index (κ3) is 2.87. The maximum absolute atomic E-state index is 5.54. The lowest BCUT2D eigenvalue weighted by molar-refractivity contribution is 0.171. The number of anilines is 1. The second-order valence-electron chi connectivity index (χ2n) is 3.89. The van der Waals surface area contributed by atoms with E-state index < -0.39 is 0 Å². The monoisotopic (exact) mass is 276 g/mol. The summed E-state index contributed by atoms with van der Waals surface area (Å²) in [5.74, 6) is 2.56. The minimum atomic E-state index is 0.236. The van der Waals surface area contributed by atoms with Crippen LogP contribution in [-0.2, 0) is 5.75 Å². The van der Waals surface area contributed by atoms with Gasteiger partial charge in [0.25, 0.3) is 0 Å². The summed E-state index contributed by atoms with van der Waals surface area (Å²) in [5.41, 5.74) is 6.63. The molecule has 0 atom stereocenters. The van der Waals surface area contributed by atoms with Crippen LogP contribution in [0.1, 0.15) is 5.56 Å². The Hall–Kier alpha value is -2.02. The van der Waals surface area contributed by atoms with E-state index in [0.29, 0.717) is 18.4 Å². The first-order valence-electron chi connectivity index (χ1n) is 5.77. The van der Waals surface area contributed by atoms with E-state index in [4.69, 9.17) is 15.2 Å². The number of ether oxygens (including phenoxy) is 2. The normalized spacial score (nSPS) is 13.3. The predicted molar refractivity (Wildman–Crippen MR) is 71.2 cm³/mol. The molecule has 2 aromatic rings. The van der Waals surface area contributed by atoms with Crippen molar-refractivity contribution in [3.05, 3.63) is 30.1 Å². The fourth-order valence-electron chi connectivity index (χ4n) is 1.69. The molecule has 7 heteroatoms. The highest BCUT2D eigenvalue weighted by atomic mass is 32.2. The van der Waals surface area contributed by atoms with Gasteiger partial charge in [-0.3, -0.25) is 0 Å².